The van der Waals surface area contributed by atoms with Crippen molar-refractivity contribution >= 4 is 5.91 Å². The average Bonchev–Trinajstić information content (AvgIpc) is 2.91. The van der Waals surface area contributed by atoms with E-state index in [0.717, 1.165) is 17.9 Å². The van der Waals surface area contributed by atoms with Gasteiger partial charge in [0.15, 0.2) is 0 Å². The minimum absolute atomic E-state index is 0.0385. The van der Waals surface area contributed by atoms with E-state index in [2.05, 4.69) is 29.0 Å². The van der Waals surface area contributed by atoms with Gasteiger partial charge in [-0.05, 0) is 31.4 Å². The average molecular weight is 301 g/mol. The van der Waals surface area contributed by atoms with Gasteiger partial charge in [0.2, 0.25) is 5.91 Å². The number of hydrogen-bond acceptors (Lipinski definition) is 3. The van der Waals surface area contributed by atoms with Gasteiger partial charge in [0.05, 0.1) is 25.0 Å². The van der Waals surface area contributed by atoms with Gasteiger partial charge in [-0.1, -0.05) is 24.3 Å². The third-order valence-corrected chi connectivity index (χ3v) is 3.71. The largest absolute Gasteiger partial charge is 0.395 e. The summed E-state index contributed by atoms with van der Waals surface area (Å²) in [6.07, 6.45) is 2.89. The van der Waals surface area contributed by atoms with Crippen molar-refractivity contribution < 1.29 is 9.90 Å². The normalized spacial score (nSPS) is 10.7. The van der Waals surface area contributed by atoms with Crippen LogP contribution in [0.3, 0.4) is 0 Å². The molecule has 0 saturated heterocycles. The Kier molecular flexibility index (Phi) is 5.72. The van der Waals surface area contributed by atoms with E-state index in [0.29, 0.717) is 19.5 Å². The summed E-state index contributed by atoms with van der Waals surface area (Å²) >= 11 is 0. The number of aliphatic hydroxyl groups is 1. The Bertz CT molecular complexity index is 622. The fraction of sp³-hybridized carbons (Fsp3) is 0.412. The van der Waals surface area contributed by atoms with E-state index < -0.39 is 0 Å². The van der Waals surface area contributed by atoms with E-state index in [-0.39, 0.29) is 12.5 Å². The number of amides is 1. The van der Waals surface area contributed by atoms with Crippen LogP contribution in [-0.2, 0) is 17.8 Å². The number of hydrogen-bond donors (Lipinski definition) is 2. The summed E-state index contributed by atoms with van der Waals surface area (Å²) in [5.41, 5.74) is 3.28. The molecule has 1 aromatic carbocycles. The topological polar surface area (TPSA) is 69.2 Å². The molecule has 0 aliphatic heterocycles. The maximum Gasteiger partial charge on any atom is 0.223 e. The number of aliphatic hydroxyl groups excluding tert-OH is 1. The number of aromatic amines is 1. The van der Waals surface area contributed by atoms with Crippen LogP contribution in [-0.4, -0.2) is 39.0 Å². The van der Waals surface area contributed by atoms with E-state index in [4.69, 9.17) is 0 Å². The Morgan fingerprint density at radius 2 is 2.09 bits per heavy atom. The van der Waals surface area contributed by atoms with Gasteiger partial charge in [0.1, 0.15) is 5.82 Å². The highest BCUT2D eigenvalue weighted by Gasteiger charge is 2.15. The third kappa shape index (κ3) is 4.43. The van der Waals surface area contributed by atoms with Crippen LogP contribution in [0.1, 0.15) is 29.1 Å². The first-order chi connectivity index (χ1) is 10.6. The highest BCUT2D eigenvalue weighted by atomic mass is 16.3. The molecule has 0 spiro atoms. The lowest BCUT2D eigenvalue weighted by atomic mass is 10.0. The van der Waals surface area contributed by atoms with Gasteiger partial charge >= 0.3 is 0 Å². The van der Waals surface area contributed by atoms with Gasteiger partial charge in [-0.2, -0.15) is 0 Å². The zero-order valence-electron chi connectivity index (χ0n) is 13.2. The van der Waals surface area contributed by atoms with Crippen LogP contribution in [0.25, 0.3) is 0 Å². The quantitative estimate of drug-likeness (QED) is 0.821. The molecule has 0 aliphatic rings. The molecule has 0 radical (unpaired) electrons. The molecule has 1 heterocycles. The number of aromatic nitrogens is 2. The Balaban J connectivity index is 1.96. The molecule has 0 bridgehead atoms. The zero-order chi connectivity index (χ0) is 15.9. The number of nitrogens with zero attached hydrogens (tertiary/aromatic N) is 2. The molecular weight excluding hydrogens is 278 g/mol. The summed E-state index contributed by atoms with van der Waals surface area (Å²) in [5.74, 6) is 0.871. The fourth-order valence-corrected chi connectivity index (χ4v) is 2.46. The lowest BCUT2D eigenvalue weighted by molar-refractivity contribution is -0.132. The standard InChI is InChI=1S/C17H23N3O2/c1-13-5-3-4-6-15(13)7-8-17(22)20(9-10-21)12-16-11-18-14(2)19-16/h3-6,11,21H,7-10,12H2,1-2H3,(H,18,19). The second-order valence-corrected chi connectivity index (χ2v) is 5.46. The minimum atomic E-state index is -0.0385. The molecule has 0 atom stereocenters. The number of imidazole rings is 1. The van der Waals surface area contributed by atoms with Crippen LogP contribution < -0.4 is 0 Å². The number of H-pyrrole nitrogens is 1. The summed E-state index contributed by atoms with van der Waals surface area (Å²) in [4.78, 5) is 21.3. The molecule has 2 aromatic rings. The van der Waals surface area contributed by atoms with Crippen molar-refractivity contribution in [2.45, 2.75) is 33.2 Å². The molecule has 0 saturated carbocycles. The first-order valence-corrected chi connectivity index (χ1v) is 7.53. The molecule has 1 amide bonds. The maximum atomic E-state index is 12.4. The smallest absolute Gasteiger partial charge is 0.223 e. The van der Waals surface area contributed by atoms with E-state index >= 15 is 0 Å². The van der Waals surface area contributed by atoms with Crippen molar-refractivity contribution in [3.05, 3.63) is 53.1 Å². The van der Waals surface area contributed by atoms with E-state index in [1.165, 1.54) is 11.1 Å². The predicted molar refractivity (Wildman–Crippen MR) is 85.3 cm³/mol. The van der Waals surface area contributed by atoms with Gasteiger partial charge in [0, 0.05) is 13.0 Å². The Morgan fingerprint density at radius 3 is 2.73 bits per heavy atom. The Labute approximate surface area is 131 Å². The van der Waals surface area contributed by atoms with Gasteiger partial charge in [-0.15, -0.1) is 0 Å². The molecule has 0 aliphatic carbocycles. The molecule has 0 fully saturated rings. The van der Waals surface area contributed by atoms with E-state index in [1.807, 2.05) is 19.1 Å². The lowest BCUT2D eigenvalue weighted by Gasteiger charge is -2.21. The summed E-state index contributed by atoms with van der Waals surface area (Å²) in [5, 5.41) is 9.18. The van der Waals surface area contributed by atoms with Crippen molar-refractivity contribution in [2.24, 2.45) is 0 Å². The van der Waals surface area contributed by atoms with Crippen molar-refractivity contribution in [3.8, 4) is 0 Å². The SMILES string of the molecule is Cc1ncc(CN(CCO)C(=O)CCc2ccccc2C)[nH]1. The lowest BCUT2D eigenvalue weighted by Crippen LogP contribution is -2.33. The third-order valence-electron chi connectivity index (χ3n) is 3.71. The molecule has 22 heavy (non-hydrogen) atoms. The molecule has 2 rings (SSSR count). The molecule has 1 aromatic heterocycles. The fourth-order valence-electron chi connectivity index (χ4n) is 2.46. The number of carbonyl (C=O) groups excluding carboxylic acids is 1. The molecule has 2 N–H and O–H groups in total. The van der Waals surface area contributed by atoms with E-state index in [1.54, 1.807) is 11.1 Å². The summed E-state index contributed by atoms with van der Waals surface area (Å²) in [6, 6.07) is 8.10. The van der Waals surface area contributed by atoms with E-state index in [9.17, 15) is 9.90 Å². The van der Waals surface area contributed by atoms with Crippen LogP contribution in [0.2, 0.25) is 0 Å². The van der Waals surface area contributed by atoms with Crippen LogP contribution in [0.15, 0.2) is 30.5 Å². The van der Waals surface area contributed by atoms with Crippen LogP contribution >= 0.6 is 0 Å². The zero-order valence-corrected chi connectivity index (χ0v) is 13.2. The summed E-state index contributed by atoms with van der Waals surface area (Å²) in [6.45, 7) is 4.68. The maximum absolute atomic E-state index is 12.4. The molecule has 5 nitrogen and oxygen atoms in total. The van der Waals surface area contributed by atoms with Gasteiger partial charge < -0.3 is 15.0 Å². The second-order valence-electron chi connectivity index (χ2n) is 5.46. The van der Waals surface area contributed by atoms with Crippen molar-refractivity contribution in [3.63, 3.8) is 0 Å². The number of benzene rings is 1. The molecular formula is C17H23N3O2. The monoisotopic (exact) mass is 301 g/mol. The second kappa shape index (κ2) is 7.75. The highest BCUT2D eigenvalue weighted by Crippen LogP contribution is 2.11. The van der Waals surface area contributed by atoms with Crippen LogP contribution in [0.4, 0.5) is 0 Å². The van der Waals surface area contributed by atoms with Crippen molar-refractivity contribution in [2.75, 3.05) is 13.2 Å². The Morgan fingerprint density at radius 1 is 1.32 bits per heavy atom. The Hall–Kier alpha value is -2.14. The van der Waals surface area contributed by atoms with Crippen LogP contribution in [0.5, 0.6) is 0 Å². The number of carbonyl (C=O) groups is 1. The van der Waals surface area contributed by atoms with Crippen molar-refractivity contribution in [1.82, 2.24) is 14.9 Å². The minimum Gasteiger partial charge on any atom is -0.395 e. The molecule has 5 heteroatoms. The number of aryl methyl sites for hydroxylation is 3. The first kappa shape index (κ1) is 16.2. The highest BCUT2D eigenvalue weighted by molar-refractivity contribution is 5.76. The van der Waals surface area contributed by atoms with Crippen molar-refractivity contribution in [1.29, 1.82) is 0 Å². The van der Waals surface area contributed by atoms with Gasteiger partial charge in [-0.3, -0.25) is 4.79 Å². The van der Waals surface area contributed by atoms with Gasteiger partial charge in [0.25, 0.3) is 0 Å². The molecule has 0 unspecified atom stereocenters. The summed E-state index contributed by atoms with van der Waals surface area (Å²) in [7, 11) is 0. The number of rotatable bonds is 7. The first-order valence-electron chi connectivity index (χ1n) is 7.53. The number of nitrogens with one attached hydrogen (secondary N) is 1. The van der Waals surface area contributed by atoms with Crippen LogP contribution in [0, 0.1) is 13.8 Å². The predicted octanol–water partition coefficient (Wildman–Crippen LogP) is 1.98. The summed E-state index contributed by atoms with van der Waals surface area (Å²) < 4.78 is 0. The molecule has 118 valence electrons. The van der Waals surface area contributed by atoms with Gasteiger partial charge in [-0.25, -0.2) is 4.98 Å².